The lowest BCUT2D eigenvalue weighted by molar-refractivity contribution is 0.0527. The number of hydrogen-bond donors (Lipinski definition) is 2. The quantitative estimate of drug-likeness (QED) is 0.767. The van der Waals surface area contributed by atoms with Gasteiger partial charge in [0.2, 0.25) is 0 Å². The normalized spacial score (nSPS) is 10.6. The van der Waals surface area contributed by atoms with Crippen LogP contribution in [0.25, 0.3) is 0 Å². The van der Waals surface area contributed by atoms with Gasteiger partial charge in [0.15, 0.2) is 0 Å². The summed E-state index contributed by atoms with van der Waals surface area (Å²) < 4.78 is 6.34. The molecule has 0 saturated heterocycles. The molecule has 2 aromatic rings. The van der Waals surface area contributed by atoms with Crippen LogP contribution in [0.4, 0.5) is 5.00 Å². The molecule has 0 radical (unpaired) electrons. The number of nitrogens with two attached hydrogens (primary N) is 1. The minimum absolute atomic E-state index is 0.101. The van der Waals surface area contributed by atoms with Crippen LogP contribution in [0.2, 0.25) is 5.02 Å². The third kappa shape index (κ3) is 3.52. The molecule has 0 aliphatic carbocycles. The molecule has 0 aliphatic heterocycles. The Morgan fingerprint density at radius 3 is 2.48 bits per heavy atom. The van der Waals surface area contributed by atoms with Crippen molar-refractivity contribution in [2.45, 2.75) is 20.8 Å². The van der Waals surface area contributed by atoms with E-state index in [0.29, 0.717) is 11.3 Å². The van der Waals surface area contributed by atoms with Crippen LogP contribution >= 0.6 is 22.9 Å². The highest BCUT2D eigenvalue weighted by molar-refractivity contribution is 7.18. The molecule has 0 bridgehead atoms. The number of nitrogens with zero attached hydrogens (tertiary/aromatic N) is 2. The maximum Gasteiger partial charge on any atom is 0.341 e. The predicted molar refractivity (Wildman–Crippen MR) is 94.4 cm³/mol. The van der Waals surface area contributed by atoms with Gasteiger partial charge < -0.3 is 15.8 Å². The first kappa shape index (κ1) is 18.9. The molecule has 0 spiro atoms. The summed E-state index contributed by atoms with van der Waals surface area (Å²) >= 11 is 7.02. The van der Waals surface area contributed by atoms with Crippen LogP contribution in [0.15, 0.2) is 0 Å². The highest BCUT2D eigenvalue weighted by Crippen LogP contribution is 2.34. The zero-order valence-corrected chi connectivity index (χ0v) is 15.7. The van der Waals surface area contributed by atoms with E-state index in [0.717, 1.165) is 11.3 Å². The number of esters is 1. The topological polar surface area (TPSA) is 116 Å². The minimum atomic E-state index is -0.692. The lowest BCUT2D eigenvalue weighted by Crippen LogP contribution is -2.18. The fraction of sp³-hybridized carbons (Fsp3) is 0.333. The number of nitrogens with one attached hydrogen (secondary N) is 1. The number of thiophene rings is 1. The average molecular weight is 385 g/mol. The van der Waals surface area contributed by atoms with Crippen molar-refractivity contribution in [2.24, 2.45) is 12.8 Å². The van der Waals surface area contributed by atoms with Crippen molar-refractivity contribution in [3.63, 3.8) is 0 Å². The van der Waals surface area contributed by atoms with Gasteiger partial charge in [-0.1, -0.05) is 11.6 Å². The number of anilines is 1. The Kier molecular flexibility index (Phi) is 5.48. The van der Waals surface area contributed by atoms with E-state index in [-0.39, 0.29) is 32.8 Å². The molecule has 2 aromatic heterocycles. The molecule has 0 saturated carbocycles. The van der Waals surface area contributed by atoms with E-state index in [1.54, 1.807) is 27.8 Å². The lowest BCUT2D eigenvalue weighted by atomic mass is 10.1. The van der Waals surface area contributed by atoms with Gasteiger partial charge in [-0.15, -0.1) is 11.3 Å². The fourth-order valence-corrected chi connectivity index (χ4v) is 3.61. The smallest absolute Gasteiger partial charge is 0.341 e. The number of aromatic nitrogens is 2. The molecule has 25 heavy (non-hydrogen) atoms. The van der Waals surface area contributed by atoms with Gasteiger partial charge in [-0.05, 0) is 26.3 Å². The number of carbonyl (C=O) groups is 3. The standard InChI is InChI=1S/C15H17ClN4O4S/c1-5-24-15(23)8-6(2)11(12(17)21)25-14(8)18-13(22)10-9(16)7(3)19-20(10)4/h5H2,1-4H3,(H2,17,21)(H,18,22). The molecule has 134 valence electrons. The summed E-state index contributed by atoms with van der Waals surface area (Å²) in [5.41, 5.74) is 6.44. The average Bonchev–Trinajstić information content (AvgIpc) is 2.96. The van der Waals surface area contributed by atoms with E-state index in [2.05, 4.69) is 10.4 Å². The van der Waals surface area contributed by atoms with Crippen LogP contribution in [-0.4, -0.2) is 34.2 Å². The molecule has 0 atom stereocenters. The molecule has 0 aliphatic rings. The molecular weight excluding hydrogens is 368 g/mol. The predicted octanol–water partition coefficient (Wildman–Crippen LogP) is 2.28. The highest BCUT2D eigenvalue weighted by atomic mass is 35.5. The maximum atomic E-state index is 12.6. The molecule has 10 heteroatoms. The number of amides is 2. The first-order valence-corrected chi connectivity index (χ1v) is 8.49. The van der Waals surface area contributed by atoms with E-state index >= 15 is 0 Å². The summed E-state index contributed by atoms with van der Waals surface area (Å²) in [7, 11) is 1.58. The number of ether oxygens (including phenoxy) is 1. The minimum Gasteiger partial charge on any atom is -0.462 e. The molecular formula is C15H17ClN4O4S. The van der Waals surface area contributed by atoms with E-state index in [9.17, 15) is 14.4 Å². The molecule has 8 nitrogen and oxygen atoms in total. The molecule has 2 rings (SSSR count). The monoisotopic (exact) mass is 384 g/mol. The molecule has 0 unspecified atom stereocenters. The van der Waals surface area contributed by atoms with Gasteiger partial charge in [-0.2, -0.15) is 5.10 Å². The Balaban J connectivity index is 2.48. The molecule has 2 amide bonds. The van der Waals surface area contributed by atoms with E-state index < -0.39 is 17.8 Å². The fourth-order valence-electron chi connectivity index (χ4n) is 2.33. The number of hydrogen-bond acceptors (Lipinski definition) is 6. The number of aryl methyl sites for hydroxylation is 2. The summed E-state index contributed by atoms with van der Waals surface area (Å²) in [6.07, 6.45) is 0. The SMILES string of the molecule is CCOC(=O)c1c(NC(=O)c2c(Cl)c(C)nn2C)sc(C(N)=O)c1C. The van der Waals surface area contributed by atoms with E-state index in [1.807, 2.05) is 0 Å². The van der Waals surface area contributed by atoms with Gasteiger partial charge >= 0.3 is 5.97 Å². The van der Waals surface area contributed by atoms with Crippen LogP contribution in [0.5, 0.6) is 0 Å². The second-order valence-electron chi connectivity index (χ2n) is 5.17. The zero-order chi connectivity index (χ0) is 18.9. The van der Waals surface area contributed by atoms with Gasteiger partial charge in [0.1, 0.15) is 10.7 Å². The van der Waals surface area contributed by atoms with Crippen molar-refractivity contribution in [3.05, 3.63) is 32.4 Å². The van der Waals surface area contributed by atoms with Crippen LogP contribution < -0.4 is 11.1 Å². The first-order valence-electron chi connectivity index (χ1n) is 7.29. The maximum absolute atomic E-state index is 12.6. The summed E-state index contributed by atoms with van der Waals surface area (Å²) in [6.45, 7) is 5.05. The van der Waals surface area contributed by atoms with Crippen molar-refractivity contribution >= 4 is 45.7 Å². The lowest BCUT2D eigenvalue weighted by Gasteiger charge is -2.07. The van der Waals surface area contributed by atoms with Crippen LogP contribution in [0, 0.1) is 13.8 Å². The van der Waals surface area contributed by atoms with Gasteiger partial charge in [0.25, 0.3) is 11.8 Å². The Hall–Kier alpha value is -2.39. The van der Waals surface area contributed by atoms with Gasteiger partial charge in [0.05, 0.1) is 27.8 Å². The van der Waals surface area contributed by atoms with Crippen LogP contribution in [0.1, 0.15) is 48.7 Å². The first-order chi connectivity index (χ1) is 11.7. The Morgan fingerprint density at radius 2 is 2.00 bits per heavy atom. The zero-order valence-electron chi connectivity index (χ0n) is 14.1. The molecule has 0 fully saturated rings. The number of primary amides is 1. The second-order valence-corrected chi connectivity index (χ2v) is 6.57. The van der Waals surface area contributed by atoms with Crippen molar-refractivity contribution in [3.8, 4) is 0 Å². The third-order valence-electron chi connectivity index (χ3n) is 3.44. The Morgan fingerprint density at radius 1 is 1.36 bits per heavy atom. The summed E-state index contributed by atoms with van der Waals surface area (Å²) in [5, 5.41) is 7.06. The van der Waals surface area contributed by atoms with Crippen molar-refractivity contribution in [2.75, 3.05) is 11.9 Å². The summed E-state index contributed by atoms with van der Waals surface area (Å²) in [6, 6.07) is 0. The van der Waals surface area contributed by atoms with Gasteiger partial charge in [-0.25, -0.2) is 4.79 Å². The van der Waals surface area contributed by atoms with Gasteiger partial charge in [-0.3, -0.25) is 14.3 Å². The van der Waals surface area contributed by atoms with Crippen molar-refractivity contribution in [1.82, 2.24) is 9.78 Å². The largest absolute Gasteiger partial charge is 0.462 e. The van der Waals surface area contributed by atoms with E-state index in [4.69, 9.17) is 22.1 Å². The summed E-state index contributed by atoms with van der Waals surface area (Å²) in [5.74, 6) is -1.90. The molecule has 0 aromatic carbocycles. The number of carbonyl (C=O) groups excluding carboxylic acids is 3. The second kappa shape index (κ2) is 7.24. The van der Waals surface area contributed by atoms with Crippen LogP contribution in [0.3, 0.4) is 0 Å². The highest BCUT2D eigenvalue weighted by Gasteiger charge is 2.27. The van der Waals surface area contributed by atoms with Crippen molar-refractivity contribution in [1.29, 1.82) is 0 Å². The molecule has 2 heterocycles. The van der Waals surface area contributed by atoms with Crippen LogP contribution in [-0.2, 0) is 11.8 Å². The van der Waals surface area contributed by atoms with Gasteiger partial charge in [0, 0.05) is 7.05 Å². The molecule has 3 N–H and O–H groups in total. The Labute approximate surface area is 152 Å². The van der Waals surface area contributed by atoms with E-state index in [1.165, 1.54) is 4.68 Å². The summed E-state index contributed by atoms with van der Waals surface area (Å²) in [4.78, 5) is 36.5. The van der Waals surface area contributed by atoms with Crippen molar-refractivity contribution < 1.29 is 19.1 Å². The number of halogens is 1. The number of rotatable bonds is 5. The third-order valence-corrected chi connectivity index (χ3v) is 5.12. The Bertz CT molecular complexity index is 871.